The normalized spacial score (nSPS) is 11.5. The molecule has 11 heteroatoms. The van der Waals surface area contributed by atoms with Gasteiger partial charge in [0, 0.05) is 23.3 Å². The van der Waals surface area contributed by atoms with Gasteiger partial charge < -0.3 is 10.6 Å². The van der Waals surface area contributed by atoms with Crippen molar-refractivity contribution in [3.05, 3.63) is 69.6 Å². The molecular formula is C22H21ClF3N5O2. The van der Waals surface area contributed by atoms with Crippen molar-refractivity contribution >= 4 is 29.1 Å². The molecule has 0 bridgehead atoms. The molecule has 33 heavy (non-hydrogen) atoms. The number of amides is 2. The zero-order chi connectivity index (χ0) is 24.5. The zero-order valence-electron chi connectivity index (χ0n) is 18.2. The second-order valence-electron chi connectivity index (χ2n) is 7.70. The van der Waals surface area contributed by atoms with E-state index in [1.165, 1.54) is 18.3 Å². The molecule has 0 saturated heterocycles. The molecule has 0 saturated carbocycles. The Morgan fingerprint density at radius 2 is 1.79 bits per heavy atom. The van der Waals surface area contributed by atoms with Gasteiger partial charge >= 0.3 is 6.18 Å². The van der Waals surface area contributed by atoms with Gasteiger partial charge in [-0.1, -0.05) is 17.7 Å². The molecule has 0 unspecified atom stereocenters. The lowest BCUT2D eigenvalue weighted by molar-refractivity contribution is -0.141. The molecule has 3 rings (SSSR count). The lowest BCUT2D eigenvalue weighted by Gasteiger charge is -2.16. The number of rotatable bonds is 5. The first kappa shape index (κ1) is 24.2. The fraction of sp³-hybridized carbons (Fsp3) is 0.273. The minimum atomic E-state index is -4.78. The molecule has 3 aromatic rings. The van der Waals surface area contributed by atoms with Crippen LogP contribution in [0.25, 0.3) is 5.82 Å². The monoisotopic (exact) mass is 479 g/mol. The molecule has 174 valence electrons. The number of alkyl halides is 3. The summed E-state index contributed by atoms with van der Waals surface area (Å²) in [5, 5.41) is 9.11. The van der Waals surface area contributed by atoms with Crippen LogP contribution in [0.5, 0.6) is 0 Å². The number of nitrogens with one attached hydrogen (secondary N) is 2. The van der Waals surface area contributed by atoms with Crippen LogP contribution in [0.15, 0.2) is 36.5 Å². The van der Waals surface area contributed by atoms with E-state index in [2.05, 4.69) is 20.7 Å². The first-order chi connectivity index (χ1) is 15.4. The van der Waals surface area contributed by atoms with E-state index in [9.17, 15) is 22.8 Å². The van der Waals surface area contributed by atoms with Crippen molar-refractivity contribution in [3.63, 3.8) is 0 Å². The lowest BCUT2D eigenvalue weighted by atomic mass is 10.1. The van der Waals surface area contributed by atoms with Crippen LogP contribution in [-0.4, -0.2) is 32.6 Å². The van der Waals surface area contributed by atoms with Gasteiger partial charge in [-0.05, 0) is 57.0 Å². The van der Waals surface area contributed by atoms with Crippen LogP contribution in [0.2, 0.25) is 5.02 Å². The second-order valence-corrected chi connectivity index (χ2v) is 8.13. The summed E-state index contributed by atoms with van der Waals surface area (Å²) in [7, 11) is 0. The van der Waals surface area contributed by atoms with Gasteiger partial charge in [-0.3, -0.25) is 9.59 Å². The van der Waals surface area contributed by atoms with Crippen molar-refractivity contribution in [1.82, 2.24) is 20.1 Å². The Bertz CT molecular complexity index is 1220. The molecule has 2 N–H and O–H groups in total. The molecule has 0 aliphatic heterocycles. The Morgan fingerprint density at radius 3 is 2.39 bits per heavy atom. The van der Waals surface area contributed by atoms with Crippen molar-refractivity contribution in [2.75, 3.05) is 5.32 Å². The van der Waals surface area contributed by atoms with Gasteiger partial charge in [-0.2, -0.15) is 18.3 Å². The minimum Gasteiger partial charge on any atom is -0.350 e. The molecule has 2 aromatic heterocycles. The summed E-state index contributed by atoms with van der Waals surface area (Å²) in [5.41, 5.74) is -0.458. The maximum Gasteiger partial charge on any atom is 0.435 e. The van der Waals surface area contributed by atoms with Crippen molar-refractivity contribution in [3.8, 4) is 5.82 Å². The van der Waals surface area contributed by atoms with Crippen molar-refractivity contribution in [2.24, 2.45) is 0 Å². The molecule has 0 aliphatic carbocycles. The molecule has 0 radical (unpaired) electrons. The number of carbonyl (C=O) groups excluding carboxylic acids is 2. The van der Waals surface area contributed by atoms with Crippen LogP contribution in [-0.2, 0) is 6.18 Å². The third kappa shape index (κ3) is 5.33. The first-order valence-electron chi connectivity index (χ1n) is 9.90. The smallest absolute Gasteiger partial charge is 0.350 e. The number of hydrogen-bond acceptors (Lipinski definition) is 4. The van der Waals surface area contributed by atoms with Crippen molar-refractivity contribution < 1.29 is 22.8 Å². The van der Waals surface area contributed by atoms with Gasteiger partial charge in [0.05, 0.1) is 11.3 Å². The number of halogens is 4. The number of aryl methyl sites for hydroxylation is 2. The van der Waals surface area contributed by atoms with Crippen LogP contribution in [0.3, 0.4) is 0 Å². The predicted octanol–water partition coefficient (Wildman–Crippen LogP) is 4.95. The molecule has 1 aromatic carbocycles. The minimum absolute atomic E-state index is 0.0729. The Kier molecular flexibility index (Phi) is 6.78. The van der Waals surface area contributed by atoms with Gasteiger partial charge in [0.2, 0.25) is 0 Å². The molecule has 0 aliphatic rings. The number of nitrogens with zero attached hydrogens (tertiary/aromatic N) is 3. The number of hydrogen-bond donors (Lipinski definition) is 2. The fourth-order valence-corrected chi connectivity index (χ4v) is 3.42. The Hall–Kier alpha value is -3.40. The Balaban J connectivity index is 2.10. The molecular weight excluding hydrogens is 459 g/mol. The van der Waals surface area contributed by atoms with E-state index in [0.717, 1.165) is 4.68 Å². The van der Waals surface area contributed by atoms with E-state index < -0.39 is 29.4 Å². The first-order valence-corrected chi connectivity index (χ1v) is 10.3. The summed E-state index contributed by atoms with van der Waals surface area (Å²) in [5.74, 6) is -1.31. The Labute approximate surface area is 193 Å². The molecule has 2 amide bonds. The average Bonchev–Trinajstić information content (AvgIpc) is 3.15. The highest BCUT2D eigenvalue weighted by molar-refractivity contribution is 6.31. The van der Waals surface area contributed by atoms with E-state index in [1.807, 2.05) is 0 Å². The number of benzene rings is 1. The summed E-state index contributed by atoms with van der Waals surface area (Å²) in [6, 6.07) is 6.61. The largest absolute Gasteiger partial charge is 0.435 e. The van der Waals surface area contributed by atoms with Crippen LogP contribution >= 0.6 is 11.6 Å². The van der Waals surface area contributed by atoms with E-state index in [-0.39, 0.29) is 28.1 Å². The summed E-state index contributed by atoms with van der Waals surface area (Å²) in [4.78, 5) is 29.9. The van der Waals surface area contributed by atoms with E-state index in [4.69, 9.17) is 11.6 Å². The molecule has 0 atom stereocenters. The van der Waals surface area contributed by atoms with Gasteiger partial charge in [-0.25, -0.2) is 9.67 Å². The van der Waals surface area contributed by atoms with Gasteiger partial charge in [0.15, 0.2) is 11.5 Å². The SMILES string of the molecule is Cc1cccnc1-n1nc(C(F)(F)F)cc1C(=O)Nc1c(C)cc(Cl)cc1C(=O)NC(C)C. The highest BCUT2D eigenvalue weighted by Gasteiger charge is 2.36. The predicted molar refractivity (Wildman–Crippen MR) is 118 cm³/mol. The van der Waals surface area contributed by atoms with E-state index in [0.29, 0.717) is 17.2 Å². The van der Waals surface area contributed by atoms with Crippen molar-refractivity contribution in [1.29, 1.82) is 0 Å². The summed E-state index contributed by atoms with van der Waals surface area (Å²) in [6.07, 6.45) is -3.39. The molecule has 7 nitrogen and oxygen atoms in total. The zero-order valence-corrected chi connectivity index (χ0v) is 19.0. The highest BCUT2D eigenvalue weighted by atomic mass is 35.5. The van der Waals surface area contributed by atoms with Gasteiger partial charge in [0.1, 0.15) is 5.69 Å². The van der Waals surface area contributed by atoms with Crippen LogP contribution in [0.4, 0.5) is 18.9 Å². The van der Waals surface area contributed by atoms with Gasteiger partial charge in [-0.15, -0.1) is 0 Å². The average molecular weight is 480 g/mol. The summed E-state index contributed by atoms with van der Waals surface area (Å²) >= 11 is 6.09. The molecule has 0 spiro atoms. The lowest BCUT2D eigenvalue weighted by Crippen LogP contribution is -2.31. The topological polar surface area (TPSA) is 88.9 Å². The second kappa shape index (κ2) is 9.22. The number of aromatic nitrogens is 3. The standard InChI is InChI=1S/C22H21ClF3N5O2/c1-11(2)28-20(32)15-9-14(23)8-13(4)18(15)29-21(33)16-10-17(22(24,25)26)30-31(16)19-12(3)6-5-7-27-19/h5-11H,1-4H3,(H,28,32)(H,29,33). The highest BCUT2D eigenvalue weighted by Crippen LogP contribution is 2.31. The Morgan fingerprint density at radius 1 is 1.09 bits per heavy atom. The summed E-state index contributed by atoms with van der Waals surface area (Å²) < 4.78 is 41.0. The number of anilines is 1. The van der Waals surface area contributed by atoms with Crippen LogP contribution in [0.1, 0.15) is 51.5 Å². The molecule has 2 heterocycles. The number of carbonyl (C=O) groups is 2. The quantitative estimate of drug-likeness (QED) is 0.542. The van der Waals surface area contributed by atoms with E-state index in [1.54, 1.807) is 39.8 Å². The fourth-order valence-electron chi connectivity index (χ4n) is 3.15. The number of pyridine rings is 1. The van der Waals surface area contributed by atoms with Gasteiger partial charge in [0.25, 0.3) is 11.8 Å². The van der Waals surface area contributed by atoms with Crippen LogP contribution in [0, 0.1) is 13.8 Å². The van der Waals surface area contributed by atoms with Crippen molar-refractivity contribution in [2.45, 2.75) is 39.9 Å². The molecule has 0 fully saturated rings. The maximum atomic E-state index is 13.4. The van der Waals surface area contributed by atoms with E-state index >= 15 is 0 Å². The maximum absolute atomic E-state index is 13.4. The third-order valence-corrected chi connectivity index (χ3v) is 4.84. The third-order valence-electron chi connectivity index (χ3n) is 4.62. The van der Waals surface area contributed by atoms with Crippen LogP contribution < -0.4 is 10.6 Å². The summed E-state index contributed by atoms with van der Waals surface area (Å²) in [6.45, 7) is 6.78.